The molecule has 13 heteroatoms. The molecule has 6 aromatic heterocycles. The molecule has 0 amide bonds. The van der Waals surface area contributed by atoms with E-state index in [1.807, 2.05) is 0 Å². The van der Waals surface area contributed by atoms with Gasteiger partial charge in [0.05, 0.1) is 11.0 Å². The van der Waals surface area contributed by atoms with Gasteiger partial charge in [-0.15, -0.1) is 11.3 Å². The number of hydrogen-bond acceptors (Lipinski definition) is 8. The lowest BCUT2D eigenvalue weighted by atomic mass is 9.33. The second kappa shape index (κ2) is 29.5. The first-order valence-electron chi connectivity index (χ1n) is 48.5. The maximum atomic E-state index is 7.40. The molecule has 20 aromatic carbocycles. The monoisotopic (exact) mass is 1820 g/mol. The molecular formula is C128H75B3N6O2S2. The smallest absolute Gasteiger partial charge is 0.252 e. The molecule has 6 aliphatic heterocycles. The molecule has 0 aliphatic carbocycles. The minimum Gasteiger partial charge on any atom is -0.455 e. The standard InChI is InChI=1S/C128H75B3N6O2S2/c1-3-24-77(25-4-1)125-100-69-81(57-64-99(100)127(139-125)83-58-63-94-96-34-21-40-106-123(96)137(116(94)70-83)115-49-23-48-114-120(115)131(106)105-39-20-33-95-93-30-9-14-41-107(93)136(114)122(95)105)76-54-59-89(60-55-76)133-109-43-16-11-36-102(109)130-101-35-10-15-42-108(101)132(88-28-5-2-6-29-88)117-71-85(72-118(133)121(117)130)80-26-19-27-82(66-80)126-98-32-8-7-31-97(98)124(138-126)78-50-52-79(53-51-78)128-92-65-62-91(68-87(92)75-141-128)135-111-45-18-13-38-104(111)129-103-37-12-17-44-110(103)134(112-46-22-47-113(135)119(112)129)90-61-56-84-73-140-74-86(84)67-90/h1-75H. The Morgan fingerprint density at radius 2 is 0.574 bits per heavy atom. The molecule has 0 atom stereocenters. The summed E-state index contributed by atoms with van der Waals surface area (Å²) in [6.07, 6.45) is 0. The van der Waals surface area contributed by atoms with Gasteiger partial charge in [-0.3, -0.25) is 0 Å². The average molecular weight is 1830 g/mol. The van der Waals surface area contributed by atoms with E-state index < -0.39 is 0 Å². The van der Waals surface area contributed by atoms with Crippen LogP contribution in [0.4, 0.5) is 68.2 Å². The van der Waals surface area contributed by atoms with E-state index in [0.717, 1.165) is 140 Å². The summed E-state index contributed by atoms with van der Waals surface area (Å²) in [6.45, 7) is 0.0772. The molecule has 12 heterocycles. The molecule has 8 nitrogen and oxygen atoms in total. The number of benzene rings is 20. The summed E-state index contributed by atoms with van der Waals surface area (Å²) in [4.78, 5) is 11.2. The molecule has 0 radical (unpaired) electrons. The van der Waals surface area contributed by atoms with Crippen molar-refractivity contribution in [1.29, 1.82) is 0 Å². The second-order valence-electron chi connectivity index (χ2n) is 38.4. The van der Waals surface area contributed by atoms with Crippen LogP contribution in [-0.4, -0.2) is 29.3 Å². The number of furan rings is 2. The lowest BCUT2D eigenvalue weighted by Crippen LogP contribution is -2.61. The van der Waals surface area contributed by atoms with Gasteiger partial charge in [0.1, 0.15) is 23.0 Å². The fraction of sp³-hybridized carbons (Fsp3) is 0. The van der Waals surface area contributed by atoms with E-state index >= 15 is 0 Å². The SMILES string of the molecule is c1ccc(-c2oc(-c3ccc4c5cccc6c5n(c4c3)-c3cccc4c3B6c3cccc5c6ccccc6n-4c35)c3ccc(-c4ccc(N5c6ccccc6B6c7ccccc7N(c7ccccc7)c7cc(-c8cccc(-c9oc(-c%10ccc(-c%11scc%12cc(N%13c%14ccccc%14B%14c%15ccccc%15N(c%15ccc%16cscc%16c%15)c%15cccc%13c%15%14)ccc%11%12)cc%10)c%10ccccc9%10)c8)cc5c76)cc4)cc23)cc1. The summed E-state index contributed by atoms with van der Waals surface area (Å²) in [5.41, 5.74) is 42.6. The first-order chi connectivity index (χ1) is 70.0. The molecule has 650 valence electrons. The van der Waals surface area contributed by atoms with Gasteiger partial charge in [0, 0.05) is 166 Å². The van der Waals surface area contributed by atoms with Crippen LogP contribution in [0.15, 0.2) is 462 Å². The molecule has 26 aromatic rings. The van der Waals surface area contributed by atoms with Crippen LogP contribution >= 0.6 is 22.7 Å². The van der Waals surface area contributed by atoms with E-state index in [1.54, 1.807) is 22.7 Å². The number of aromatic nitrogens is 2. The first kappa shape index (κ1) is 77.5. The third kappa shape index (κ3) is 11.0. The third-order valence-corrected chi connectivity index (χ3v) is 33.1. The molecule has 141 heavy (non-hydrogen) atoms. The Balaban J connectivity index is 0.479. The summed E-state index contributed by atoms with van der Waals surface area (Å²) in [5, 5.41) is 21.1. The molecule has 32 rings (SSSR count). The molecule has 0 N–H and O–H groups in total. The number of nitrogens with zero attached hydrogens (tertiary/aromatic N) is 6. The van der Waals surface area contributed by atoms with Crippen LogP contribution < -0.4 is 68.8 Å². The van der Waals surface area contributed by atoms with Crippen molar-refractivity contribution < 1.29 is 8.83 Å². The van der Waals surface area contributed by atoms with Crippen molar-refractivity contribution in [2.75, 3.05) is 19.6 Å². The highest BCUT2D eigenvalue weighted by atomic mass is 32.1. The number of anilines is 12. The van der Waals surface area contributed by atoms with Crippen molar-refractivity contribution in [3.8, 4) is 89.4 Å². The quantitative estimate of drug-likeness (QED) is 0.120. The average Bonchev–Trinajstić information content (AvgIpc) is 1.58. The molecule has 0 saturated heterocycles. The van der Waals surface area contributed by atoms with Gasteiger partial charge in [0.15, 0.2) is 0 Å². The van der Waals surface area contributed by atoms with Crippen LogP contribution in [0.5, 0.6) is 0 Å². The minimum absolute atomic E-state index is 0.0612. The zero-order chi connectivity index (χ0) is 91.7. The van der Waals surface area contributed by atoms with E-state index in [1.165, 1.54) is 153 Å². The lowest BCUT2D eigenvalue weighted by Gasteiger charge is -2.44. The molecule has 0 spiro atoms. The van der Waals surface area contributed by atoms with E-state index in [0.29, 0.717) is 0 Å². The highest BCUT2D eigenvalue weighted by molar-refractivity contribution is 7.15. The van der Waals surface area contributed by atoms with Gasteiger partial charge in [-0.05, 0) is 249 Å². The maximum Gasteiger partial charge on any atom is 0.252 e. The van der Waals surface area contributed by atoms with Crippen molar-refractivity contribution in [2.45, 2.75) is 0 Å². The molecular weight excluding hydrogens is 1750 g/mol. The van der Waals surface area contributed by atoms with Crippen LogP contribution in [0.2, 0.25) is 0 Å². The second-order valence-corrected chi connectivity index (χ2v) is 40.0. The van der Waals surface area contributed by atoms with Gasteiger partial charge in [0.2, 0.25) is 0 Å². The summed E-state index contributed by atoms with van der Waals surface area (Å²) in [7, 11) is 0. The van der Waals surface area contributed by atoms with E-state index in [4.69, 9.17) is 8.83 Å². The Morgan fingerprint density at radius 1 is 0.191 bits per heavy atom. The Hall–Kier alpha value is -17.6. The normalized spacial score (nSPS) is 13.3. The first-order valence-corrected chi connectivity index (χ1v) is 50.4. The Labute approximate surface area is 820 Å². The van der Waals surface area contributed by atoms with Gasteiger partial charge >= 0.3 is 0 Å². The van der Waals surface area contributed by atoms with Crippen molar-refractivity contribution in [1.82, 2.24) is 9.13 Å². The molecule has 0 bridgehead atoms. The van der Waals surface area contributed by atoms with Crippen LogP contribution in [0.25, 0.3) is 176 Å². The largest absolute Gasteiger partial charge is 0.455 e. The summed E-state index contributed by atoms with van der Waals surface area (Å²) in [5.74, 6) is 3.36. The zero-order valence-corrected chi connectivity index (χ0v) is 77.5. The molecule has 0 saturated carbocycles. The zero-order valence-electron chi connectivity index (χ0n) is 75.8. The highest BCUT2D eigenvalue weighted by Crippen LogP contribution is 2.53. The topological polar surface area (TPSA) is 49.1 Å². The summed E-state index contributed by atoms with van der Waals surface area (Å²) in [6, 6.07) is 163. The third-order valence-electron chi connectivity index (χ3n) is 31.2. The van der Waals surface area contributed by atoms with Crippen LogP contribution in [0.1, 0.15) is 0 Å². The number of hydrogen-bond donors (Lipinski definition) is 0. The van der Waals surface area contributed by atoms with E-state index in [9.17, 15) is 0 Å². The van der Waals surface area contributed by atoms with Crippen molar-refractivity contribution in [3.63, 3.8) is 0 Å². The highest BCUT2D eigenvalue weighted by Gasteiger charge is 2.47. The minimum atomic E-state index is -0.0612. The molecule has 0 fully saturated rings. The van der Waals surface area contributed by atoms with Gasteiger partial charge < -0.3 is 37.6 Å². The van der Waals surface area contributed by atoms with Crippen LogP contribution in [-0.2, 0) is 0 Å². The van der Waals surface area contributed by atoms with Crippen molar-refractivity contribution >= 4 is 247 Å². The number of thiophene rings is 2. The van der Waals surface area contributed by atoms with Gasteiger partial charge in [-0.2, -0.15) is 11.3 Å². The number of para-hydroxylation sites is 8. The van der Waals surface area contributed by atoms with Gasteiger partial charge in [0.25, 0.3) is 20.1 Å². The van der Waals surface area contributed by atoms with E-state index in [-0.39, 0.29) is 20.1 Å². The predicted molar refractivity (Wildman–Crippen MR) is 596 cm³/mol. The van der Waals surface area contributed by atoms with Gasteiger partial charge in [-0.1, -0.05) is 297 Å². The van der Waals surface area contributed by atoms with Crippen molar-refractivity contribution in [3.05, 3.63) is 453 Å². The Kier molecular flexibility index (Phi) is 16.2. The maximum absolute atomic E-state index is 7.40. The van der Waals surface area contributed by atoms with Crippen LogP contribution in [0.3, 0.4) is 0 Å². The summed E-state index contributed by atoms with van der Waals surface area (Å²) >= 11 is 3.56. The lowest BCUT2D eigenvalue weighted by molar-refractivity contribution is 0.602. The Morgan fingerprint density at radius 3 is 1.22 bits per heavy atom. The predicted octanol–water partition coefficient (Wildman–Crippen LogP) is 28.8. The fourth-order valence-electron chi connectivity index (χ4n) is 25.3. The van der Waals surface area contributed by atoms with Gasteiger partial charge in [-0.25, -0.2) is 0 Å². The summed E-state index contributed by atoms with van der Waals surface area (Å²) < 4.78 is 19.9. The number of fused-ring (bicyclic) bond motifs is 22. The number of rotatable bonds is 11. The molecule has 6 aliphatic rings. The van der Waals surface area contributed by atoms with E-state index in [2.05, 4.69) is 482 Å². The Bertz CT molecular complexity index is 9920. The fourth-order valence-corrected chi connectivity index (χ4v) is 27.1. The molecule has 0 unspecified atom stereocenters. The van der Waals surface area contributed by atoms with Crippen LogP contribution in [0, 0.1) is 0 Å². The van der Waals surface area contributed by atoms with Crippen molar-refractivity contribution in [2.24, 2.45) is 0 Å².